The van der Waals surface area contributed by atoms with Gasteiger partial charge in [-0.2, -0.15) is 0 Å². The van der Waals surface area contributed by atoms with Gasteiger partial charge in [0.05, 0.1) is 11.8 Å². The minimum atomic E-state index is 0.734. The molecule has 106 valence electrons. The molecular formula is C17H21NO2. The molecule has 0 radical (unpaired) electrons. The van der Waals surface area contributed by atoms with Crippen LogP contribution in [0.3, 0.4) is 0 Å². The van der Waals surface area contributed by atoms with Gasteiger partial charge in [-0.15, -0.1) is 0 Å². The lowest BCUT2D eigenvalue weighted by Crippen LogP contribution is -2.33. The van der Waals surface area contributed by atoms with Crippen molar-refractivity contribution in [1.82, 2.24) is 4.90 Å². The van der Waals surface area contributed by atoms with Crippen LogP contribution in [-0.4, -0.2) is 31.1 Å². The van der Waals surface area contributed by atoms with Gasteiger partial charge < -0.3 is 9.15 Å². The molecule has 20 heavy (non-hydrogen) atoms. The van der Waals surface area contributed by atoms with Crippen molar-refractivity contribution in [2.75, 3.05) is 26.2 Å². The zero-order valence-corrected chi connectivity index (χ0v) is 11.8. The van der Waals surface area contributed by atoms with Gasteiger partial charge in [-0.1, -0.05) is 18.6 Å². The van der Waals surface area contributed by atoms with Crippen molar-refractivity contribution in [3.63, 3.8) is 0 Å². The summed E-state index contributed by atoms with van der Waals surface area (Å²) >= 11 is 0. The topological polar surface area (TPSA) is 25.6 Å². The van der Waals surface area contributed by atoms with Crippen LogP contribution in [0.2, 0.25) is 0 Å². The third-order valence-corrected chi connectivity index (χ3v) is 3.79. The zero-order valence-electron chi connectivity index (χ0n) is 11.8. The Morgan fingerprint density at radius 2 is 1.85 bits per heavy atom. The Bertz CT molecular complexity index is 516. The van der Waals surface area contributed by atoms with E-state index in [2.05, 4.69) is 4.90 Å². The van der Waals surface area contributed by atoms with E-state index in [1.54, 1.807) is 6.26 Å². The van der Waals surface area contributed by atoms with Crippen LogP contribution in [-0.2, 0) is 0 Å². The van der Waals surface area contributed by atoms with Gasteiger partial charge >= 0.3 is 0 Å². The van der Waals surface area contributed by atoms with Gasteiger partial charge in [-0.3, -0.25) is 4.90 Å². The Hall–Kier alpha value is -1.74. The van der Waals surface area contributed by atoms with Crippen LogP contribution in [0.4, 0.5) is 0 Å². The molecule has 1 aromatic heterocycles. The summed E-state index contributed by atoms with van der Waals surface area (Å²) in [4.78, 5) is 2.49. The highest BCUT2D eigenvalue weighted by molar-refractivity contribution is 5.65. The number of nitrogens with zero attached hydrogens (tertiary/aromatic N) is 1. The fraction of sp³-hybridized carbons (Fsp3) is 0.412. The van der Waals surface area contributed by atoms with Crippen molar-refractivity contribution >= 4 is 0 Å². The van der Waals surface area contributed by atoms with E-state index in [0.717, 1.165) is 30.2 Å². The minimum Gasteiger partial charge on any atom is -0.491 e. The van der Waals surface area contributed by atoms with Gasteiger partial charge in [0.25, 0.3) is 0 Å². The molecule has 1 aromatic carbocycles. The lowest BCUT2D eigenvalue weighted by atomic mass is 10.1. The van der Waals surface area contributed by atoms with Crippen molar-refractivity contribution in [2.24, 2.45) is 0 Å². The van der Waals surface area contributed by atoms with E-state index in [4.69, 9.17) is 9.15 Å². The van der Waals surface area contributed by atoms with E-state index in [1.165, 1.54) is 32.4 Å². The van der Waals surface area contributed by atoms with E-state index >= 15 is 0 Å². The molecule has 1 fully saturated rings. The lowest BCUT2D eigenvalue weighted by Gasteiger charge is -2.26. The van der Waals surface area contributed by atoms with Crippen LogP contribution in [0.5, 0.6) is 5.75 Å². The van der Waals surface area contributed by atoms with Crippen LogP contribution in [0.25, 0.3) is 11.3 Å². The van der Waals surface area contributed by atoms with Crippen molar-refractivity contribution in [1.29, 1.82) is 0 Å². The molecule has 3 heteroatoms. The number of rotatable bonds is 5. The lowest BCUT2D eigenvalue weighted by molar-refractivity contribution is 0.183. The van der Waals surface area contributed by atoms with E-state index < -0.39 is 0 Å². The summed E-state index contributed by atoms with van der Waals surface area (Å²) in [5.41, 5.74) is 1.02. The highest BCUT2D eigenvalue weighted by Gasteiger charge is 2.11. The number of likely N-dealkylation sites (tertiary alicyclic amines) is 1. The van der Waals surface area contributed by atoms with E-state index in [-0.39, 0.29) is 0 Å². The first-order valence-electron chi connectivity index (χ1n) is 7.41. The summed E-state index contributed by atoms with van der Waals surface area (Å²) in [5.74, 6) is 1.76. The molecule has 0 bridgehead atoms. The number of benzene rings is 1. The SMILES string of the molecule is c1coc(-c2ccccc2OCCN2CCCCC2)c1. The molecule has 0 unspecified atom stereocenters. The predicted molar refractivity (Wildman–Crippen MR) is 79.9 cm³/mol. The molecule has 0 spiro atoms. The minimum absolute atomic E-state index is 0.734. The Kier molecular flexibility index (Phi) is 4.38. The summed E-state index contributed by atoms with van der Waals surface area (Å²) in [6.07, 6.45) is 5.71. The summed E-state index contributed by atoms with van der Waals surface area (Å²) in [5, 5.41) is 0. The average Bonchev–Trinajstić information content (AvgIpc) is 3.03. The van der Waals surface area contributed by atoms with Crippen molar-refractivity contribution in [3.05, 3.63) is 42.7 Å². The van der Waals surface area contributed by atoms with Gasteiger partial charge in [0.15, 0.2) is 0 Å². The fourth-order valence-corrected chi connectivity index (χ4v) is 2.70. The first-order valence-corrected chi connectivity index (χ1v) is 7.41. The number of hydrogen-bond donors (Lipinski definition) is 0. The highest BCUT2D eigenvalue weighted by Crippen LogP contribution is 2.29. The van der Waals surface area contributed by atoms with Gasteiger partial charge in [0.2, 0.25) is 0 Å². The second-order valence-corrected chi connectivity index (χ2v) is 5.22. The van der Waals surface area contributed by atoms with Crippen LogP contribution in [0.15, 0.2) is 47.1 Å². The number of piperidine rings is 1. The third kappa shape index (κ3) is 3.23. The number of ether oxygens (including phenoxy) is 1. The van der Waals surface area contributed by atoms with Gasteiger partial charge in [-0.05, 0) is 50.2 Å². The van der Waals surface area contributed by atoms with Crippen molar-refractivity contribution < 1.29 is 9.15 Å². The number of hydrogen-bond acceptors (Lipinski definition) is 3. The smallest absolute Gasteiger partial charge is 0.137 e. The number of para-hydroxylation sites is 1. The first-order chi connectivity index (χ1) is 9.93. The molecule has 0 saturated carbocycles. The summed E-state index contributed by atoms with van der Waals surface area (Å²) in [6.45, 7) is 4.16. The Morgan fingerprint density at radius 3 is 2.65 bits per heavy atom. The molecular weight excluding hydrogens is 250 g/mol. The highest BCUT2D eigenvalue weighted by atomic mass is 16.5. The summed E-state index contributed by atoms with van der Waals surface area (Å²) in [7, 11) is 0. The van der Waals surface area contributed by atoms with Gasteiger partial charge in [-0.25, -0.2) is 0 Å². The molecule has 2 heterocycles. The van der Waals surface area contributed by atoms with Crippen molar-refractivity contribution in [2.45, 2.75) is 19.3 Å². The average molecular weight is 271 g/mol. The second kappa shape index (κ2) is 6.62. The quantitative estimate of drug-likeness (QED) is 0.827. The van der Waals surface area contributed by atoms with Crippen LogP contribution in [0, 0.1) is 0 Å². The third-order valence-electron chi connectivity index (χ3n) is 3.79. The van der Waals surface area contributed by atoms with Crippen molar-refractivity contribution in [3.8, 4) is 17.1 Å². The first kappa shape index (κ1) is 13.3. The monoisotopic (exact) mass is 271 g/mol. The molecule has 3 nitrogen and oxygen atoms in total. The summed E-state index contributed by atoms with van der Waals surface area (Å²) in [6, 6.07) is 11.9. The number of furan rings is 1. The molecule has 0 N–H and O–H groups in total. The molecule has 1 aliphatic heterocycles. The largest absolute Gasteiger partial charge is 0.491 e. The van der Waals surface area contributed by atoms with Crippen LogP contribution in [0.1, 0.15) is 19.3 Å². The van der Waals surface area contributed by atoms with Gasteiger partial charge in [0.1, 0.15) is 18.1 Å². The second-order valence-electron chi connectivity index (χ2n) is 5.22. The van der Waals surface area contributed by atoms with Crippen LogP contribution < -0.4 is 4.74 Å². The molecule has 0 amide bonds. The maximum atomic E-state index is 5.96. The summed E-state index contributed by atoms with van der Waals surface area (Å²) < 4.78 is 11.4. The zero-order chi connectivity index (χ0) is 13.6. The molecule has 2 aromatic rings. The Morgan fingerprint density at radius 1 is 1.00 bits per heavy atom. The maximum absolute atomic E-state index is 5.96. The standard InChI is InChI=1S/C17H21NO2/c1-4-10-18(11-5-1)12-14-20-16-8-3-2-7-15(16)17-9-6-13-19-17/h2-3,6-9,13H,1,4-5,10-12,14H2. The van der Waals surface area contributed by atoms with Crippen LogP contribution >= 0.6 is 0 Å². The maximum Gasteiger partial charge on any atom is 0.137 e. The molecule has 0 aliphatic carbocycles. The normalized spacial score (nSPS) is 16.2. The van der Waals surface area contributed by atoms with E-state index in [9.17, 15) is 0 Å². The molecule has 1 saturated heterocycles. The van der Waals surface area contributed by atoms with E-state index in [0.29, 0.717) is 0 Å². The molecule has 0 atom stereocenters. The Labute approximate surface area is 120 Å². The predicted octanol–water partition coefficient (Wildman–Crippen LogP) is 3.81. The fourth-order valence-electron chi connectivity index (χ4n) is 2.70. The molecule has 1 aliphatic rings. The van der Waals surface area contributed by atoms with Gasteiger partial charge in [0, 0.05) is 6.54 Å². The molecule has 3 rings (SSSR count). The van der Waals surface area contributed by atoms with E-state index in [1.807, 2.05) is 36.4 Å². The Balaban J connectivity index is 1.60.